The summed E-state index contributed by atoms with van der Waals surface area (Å²) in [7, 11) is 0. The lowest BCUT2D eigenvalue weighted by Crippen LogP contribution is -2.61. The van der Waals surface area contributed by atoms with Crippen molar-refractivity contribution in [3.05, 3.63) is 0 Å². The fourth-order valence-corrected chi connectivity index (χ4v) is 3.36. The Morgan fingerprint density at radius 3 is 2.25 bits per heavy atom. The molecule has 1 saturated carbocycles. The predicted octanol–water partition coefficient (Wildman–Crippen LogP) is 2.36. The van der Waals surface area contributed by atoms with E-state index in [4.69, 9.17) is 0 Å². The molecule has 0 spiro atoms. The van der Waals surface area contributed by atoms with Crippen molar-refractivity contribution in [2.24, 2.45) is 11.3 Å². The Bertz CT molecular complexity index is 261. The van der Waals surface area contributed by atoms with Crippen LogP contribution in [0.25, 0.3) is 0 Å². The Kier molecular flexibility index (Phi) is 3.24. The third-order valence-corrected chi connectivity index (χ3v) is 4.01. The molecule has 16 heavy (non-hydrogen) atoms. The summed E-state index contributed by atoms with van der Waals surface area (Å²) in [6.07, 6.45) is 5.92. The SMILES string of the molecule is CC1(C)CN(C(C(=O)O)C2CCCCC2)C1. The molecule has 0 aromatic rings. The molecule has 0 radical (unpaired) electrons. The van der Waals surface area contributed by atoms with Gasteiger partial charge in [0.1, 0.15) is 6.04 Å². The highest BCUT2D eigenvalue weighted by molar-refractivity contribution is 5.74. The minimum absolute atomic E-state index is 0.215. The van der Waals surface area contributed by atoms with Crippen molar-refractivity contribution in [1.29, 1.82) is 0 Å². The van der Waals surface area contributed by atoms with Crippen LogP contribution in [0.2, 0.25) is 0 Å². The zero-order valence-electron chi connectivity index (χ0n) is 10.4. The lowest BCUT2D eigenvalue weighted by atomic mass is 9.77. The number of carboxylic acid groups (broad SMARTS) is 1. The van der Waals surface area contributed by atoms with Gasteiger partial charge in [0, 0.05) is 13.1 Å². The fraction of sp³-hybridized carbons (Fsp3) is 0.923. The maximum Gasteiger partial charge on any atom is 0.321 e. The van der Waals surface area contributed by atoms with Gasteiger partial charge in [-0.05, 0) is 24.2 Å². The highest BCUT2D eigenvalue weighted by Crippen LogP contribution is 2.36. The summed E-state index contributed by atoms with van der Waals surface area (Å²) in [4.78, 5) is 13.6. The normalized spacial score (nSPS) is 28.4. The van der Waals surface area contributed by atoms with Crippen LogP contribution < -0.4 is 0 Å². The second-order valence-electron chi connectivity index (χ2n) is 6.25. The van der Waals surface area contributed by atoms with E-state index in [9.17, 15) is 9.90 Å². The van der Waals surface area contributed by atoms with Crippen LogP contribution in [-0.2, 0) is 4.79 Å². The molecule has 2 rings (SSSR count). The molecular formula is C13H23NO2. The average Bonchev–Trinajstić information content (AvgIpc) is 2.16. The van der Waals surface area contributed by atoms with E-state index in [0.717, 1.165) is 25.9 Å². The van der Waals surface area contributed by atoms with E-state index in [1.807, 2.05) is 0 Å². The van der Waals surface area contributed by atoms with Gasteiger partial charge in [-0.1, -0.05) is 33.1 Å². The lowest BCUT2D eigenvalue weighted by molar-refractivity contribution is -0.152. The van der Waals surface area contributed by atoms with Gasteiger partial charge in [0.25, 0.3) is 0 Å². The van der Waals surface area contributed by atoms with Crippen LogP contribution >= 0.6 is 0 Å². The third kappa shape index (κ3) is 2.40. The van der Waals surface area contributed by atoms with Crippen molar-refractivity contribution >= 4 is 5.97 Å². The molecule has 0 aromatic carbocycles. The zero-order chi connectivity index (χ0) is 11.8. The monoisotopic (exact) mass is 225 g/mol. The fourth-order valence-electron chi connectivity index (χ4n) is 3.36. The van der Waals surface area contributed by atoms with E-state index < -0.39 is 5.97 Å². The number of aliphatic carboxylic acids is 1. The summed E-state index contributed by atoms with van der Waals surface area (Å²) < 4.78 is 0. The van der Waals surface area contributed by atoms with Crippen molar-refractivity contribution in [1.82, 2.24) is 4.90 Å². The molecule has 0 amide bonds. The van der Waals surface area contributed by atoms with Crippen molar-refractivity contribution in [3.63, 3.8) is 0 Å². The van der Waals surface area contributed by atoms with E-state index in [0.29, 0.717) is 11.3 Å². The second kappa shape index (κ2) is 4.36. The molecule has 92 valence electrons. The van der Waals surface area contributed by atoms with E-state index in [1.54, 1.807) is 0 Å². The van der Waals surface area contributed by atoms with Crippen LogP contribution in [0.15, 0.2) is 0 Å². The zero-order valence-corrected chi connectivity index (χ0v) is 10.4. The molecule has 3 nitrogen and oxygen atoms in total. The first kappa shape index (κ1) is 11.9. The van der Waals surface area contributed by atoms with Gasteiger partial charge in [0.15, 0.2) is 0 Å². The number of likely N-dealkylation sites (tertiary alicyclic amines) is 1. The van der Waals surface area contributed by atoms with E-state index in [-0.39, 0.29) is 6.04 Å². The smallest absolute Gasteiger partial charge is 0.321 e. The maximum atomic E-state index is 11.4. The molecule has 1 aliphatic carbocycles. The summed E-state index contributed by atoms with van der Waals surface area (Å²) in [5.74, 6) is -0.218. The summed E-state index contributed by atoms with van der Waals surface area (Å²) in [6, 6.07) is -0.215. The van der Waals surface area contributed by atoms with E-state index >= 15 is 0 Å². The van der Waals surface area contributed by atoms with Gasteiger partial charge >= 0.3 is 5.97 Å². The quantitative estimate of drug-likeness (QED) is 0.801. The Labute approximate surface area is 97.8 Å². The predicted molar refractivity (Wildman–Crippen MR) is 63.4 cm³/mol. The summed E-state index contributed by atoms with van der Waals surface area (Å²) in [5.41, 5.74) is 0.322. The lowest BCUT2D eigenvalue weighted by Gasteiger charge is -2.50. The molecule has 1 N–H and O–H groups in total. The van der Waals surface area contributed by atoms with Crippen molar-refractivity contribution in [3.8, 4) is 0 Å². The minimum Gasteiger partial charge on any atom is -0.480 e. The van der Waals surface area contributed by atoms with Gasteiger partial charge in [-0.3, -0.25) is 9.69 Å². The summed E-state index contributed by atoms with van der Waals surface area (Å²) >= 11 is 0. The minimum atomic E-state index is -0.609. The topological polar surface area (TPSA) is 40.5 Å². The third-order valence-electron chi connectivity index (χ3n) is 4.01. The van der Waals surface area contributed by atoms with Crippen LogP contribution in [0.1, 0.15) is 46.0 Å². The number of hydrogen-bond acceptors (Lipinski definition) is 2. The van der Waals surface area contributed by atoms with Gasteiger partial charge in [-0.15, -0.1) is 0 Å². The summed E-state index contributed by atoms with van der Waals surface area (Å²) in [5, 5.41) is 9.39. The number of carbonyl (C=O) groups is 1. The van der Waals surface area contributed by atoms with E-state index in [1.165, 1.54) is 19.3 Å². The van der Waals surface area contributed by atoms with E-state index in [2.05, 4.69) is 18.7 Å². The maximum absolute atomic E-state index is 11.4. The number of rotatable bonds is 3. The van der Waals surface area contributed by atoms with Crippen LogP contribution in [-0.4, -0.2) is 35.1 Å². The molecule has 0 aromatic heterocycles. The van der Waals surface area contributed by atoms with Crippen LogP contribution in [0.4, 0.5) is 0 Å². The number of carboxylic acids is 1. The molecule has 0 bridgehead atoms. The molecule has 2 fully saturated rings. The first-order valence-electron chi connectivity index (χ1n) is 6.46. The van der Waals surface area contributed by atoms with Crippen LogP contribution in [0, 0.1) is 11.3 Å². The molecular weight excluding hydrogens is 202 g/mol. The Morgan fingerprint density at radius 2 is 1.81 bits per heavy atom. The molecule has 1 unspecified atom stereocenters. The molecule has 1 atom stereocenters. The summed E-state index contributed by atoms with van der Waals surface area (Å²) in [6.45, 7) is 6.31. The van der Waals surface area contributed by atoms with Gasteiger partial charge in [0.05, 0.1) is 0 Å². The molecule has 1 aliphatic heterocycles. The first-order chi connectivity index (χ1) is 7.49. The largest absolute Gasteiger partial charge is 0.480 e. The Morgan fingerprint density at radius 1 is 1.25 bits per heavy atom. The van der Waals surface area contributed by atoms with Crippen LogP contribution in [0.5, 0.6) is 0 Å². The highest BCUT2D eigenvalue weighted by atomic mass is 16.4. The Hall–Kier alpha value is -0.570. The van der Waals surface area contributed by atoms with Gasteiger partial charge in [0.2, 0.25) is 0 Å². The standard InChI is InChI=1S/C13H23NO2/c1-13(2)8-14(9-13)11(12(15)16)10-6-4-3-5-7-10/h10-11H,3-9H2,1-2H3,(H,15,16). The number of hydrogen-bond donors (Lipinski definition) is 1. The van der Waals surface area contributed by atoms with Crippen molar-refractivity contribution < 1.29 is 9.90 Å². The Balaban J connectivity index is 1.97. The first-order valence-corrected chi connectivity index (χ1v) is 6.46. The van der Waals surface area contributed by atoms with Gasteiger partial charge < -0.3 is 5.11 Å². The number of nitrogens with zero attached hydrogens (tertiary/aromatic N) is 1. The van der Waals surface area contributed by atoms with Crippen molar-refractivity contribution in [2.45, 2.75) is 52.0 Å². The average molecular weight is 225 g/mol. The molecule has 2 aliphatic rings. The van der Waals surface area contributed by atoms with Gasteiger partial charge in [-0.2, -0.15) is 0 Å². The van der Waals surface area contributed by atoms with Crippen LogP contribution in [0.3, 0.4) is 0 Å². The van der Waals surface area contributed by atoms with Crippen molar-refractivity contribution in [2.75, 3.05) is 13.1 Å². The highest BCUT2D eigenvalue weighted by Gasteiger charge is 2.44. The molecule has 3 heteroatoms. The van der Waals surface area contributed by atoms with Gasteiger partial charge in [-0.25, -0.2) is 0 Å². The second-order valence-corrected chi connectivity index (χ2v) is 6.25. The molecule has 1 heterocycles. The molecule has 1 saturated heterocycles.